The molecular weight excluding hydrogens is 422 g/mol. The number of carbonyl (C=O) groups excluding carboxylic acids is 1. The van der Waals surface area contributed by atoms with Crippen molar-refractivity contribution in [1.82, 2.24) is 4.31 Å². The van der Waals surface area contributed by atoms with E-state index >= 15 is 0 Å². The van der Waals surface area contributed by atoms with E-state index in [9.17, 15) is 13.2 Å². The zero-order valence-electron chi connectivity index (χ0n) is 17.4. The summed E-state index contributed by atoms with van der Waals surface area (Å²) in [7, 11) is -3.59. The van der Waals surface area contributed by atoms with Crippen molar-refractivity contribution >= 4 is 38.9 Å². The third kappa shape index (κ3) is 3.70. The Morgan fingerprint density at radius 2 is 1.73 bits per heavy atom. The van der Waals surface area contributed by atoms with Gasteiger partial charge in [0.05, 0.1) is 4.90 Å². The van der Waals surface area contributed by atoms with Crippen molar-refractivity contribution in [3.63, 3.8) is 0 Å². The van der Waals surface area contributed by atoms with Gasteiger partial charge in [-0.2, -0.15) is 4.31 Å². The summed E-state index contributed by atoms with van der Waals surface area (Å²) < 4.78 is 28.1. The standard InChI is InChI=1S/C22H26ClN3O3S/c1-15-4-5-19(23)14-22(15)24-8-10-25(11-9-24)30(28,29)20-6-7-21-18(13-20)12-16(2)26(21)17(3)27/h4-7,13-14,16H,8-12H2,1-3H3/t16-/m0/s1. The average Bonchev–Trinajstić information content (AvgIpc) is 3.05. The molecule has 4 rings (SSSR count). The molecule has 1 fully saturated rings. The normalized spacial score (nSPS) is 19.8. The van der Waals surface area contributed by atoms with Gasteiger partial charge in [0.15, 0.2) is 0 Å². The molecular formula is C22H26ClN3O3S. The van der Waals surface area contributed by atoms with Gasteiger partial charge >= 0.3 is 0 Å². The molecule has 2 aromatic carbocycles. The van der Waals surface area contributed by atoms with Crippen molar-refractivity contribution in [2.24, 2.45) is 0 Å². The summed E-state index contributed by atoms with van der Waals surface area (Å²) in [6.07, 6.45) is 0.667. The Morgan fingerprint density at radius 1 is 1.03 bits per heavy atom. The zero-order valence-corrected chi connectivity index (χ0v) is 19.0. The number of carbonyl (C=O) groups is 1. The number of piperazine rings is 1. The second-order valence-corrected chi connectivity index (χ2v) is 10.4. The van der Waals surface area contributed by atoms with Crippen molar-refractivity contribution in [1.29, 1.82) is 0 Å². The summed E-state index contributed by atoms with van der Waals surface area (Å²) in [5.74, 6) is -0.0238. The van der Waals surface area contributed by atoms with Crippen LogP contribution in [0.15, 0.2) is 41.3 Å². The van der Waals surface area contributed by atoms with Gasteiger partial charge in [-0.05, 0) is 61.7 Å². The molecule has 2 aromatic rings. The maximum absolute atomic E-state index is 13.3. The number of aryl methyl sites for hydroxylation is 1. The molecule has 0 radical (unpaired) electrons. The number of fused-ring (bicyclic) bond motifs is 1. The van der Waals surface area contributed by atoms with Crippen molar-refractivity contribution < 1.29 is 13.2 Å². The van der Waals surface area contributed by atoms with E-state index in [4.69, 9.17) is 11.6 Å². The van der Waals surface area contributed by atoms with Crippen molar-refractivity contribution in [3.05, 3.63) is 52.5 Å². The van der Waals surface area contributed by atoms with Crippen LogP contribution in [0.5, 0.6) is 0 Å². The van der Waals surface area contributed by atoms with Gasteiger partial charge in [-0.15, -0.1) is 0 Å². The molecule has 0 spiro atoms. The minimum Gasteiger partial charge on any atom is -0.369 e. The minimum atomic E-state index is -3.59. The average molecular weight is 448 g/mol. The third-order valence-electron chi connectivity index (χ3n) is 5.99. The number of rotatable bonds is 3. The Hall–Kier alpha value is -2.09. The van der Waals surface area contributed by atoms with Crippen molar-refractivity contribution in [2.45, 2.75) is 38.1 Å². The number of hydrogen-bond acceptors (Lipinski definition) is 4. The number of nitrogens with zero attached hydrogens (tertiary/aromatic N) is 3. The number of benzene rings is 2. The smallest absolute Gasteiger partial charge is 0.243 e. The Labute approximate surface area is 183 Å². The molecule has 0 aromatic heterocycles. The molecule has 0 saturated carbocycles. The second kappa shape index (κ2) is 7.87. The summed E-state index contributed by atoms with van der Waals surface area (Å²) in [6, 6.07) is 10.9. The number of sulfonamides is 1. The van der Waals surface area contributed by atoms with Gasteiger partial charge in [0.1, 0.15) is 0 Å². The SMILES string of the molecule is CC(=O)N1c2ccc(S(=O)(=O)N3CCN(c4cc(Cl)ccc4C)CC3)cc2C[C@@H]1C. The molecule has 1 amide bonds. The van der Waals surface area contributed by atoms with Crippen LogP contribution in [0.2, 0.25) is 5.02 Å². The fraction of sp³-hybridized carbons (Fsp3) is 0.409. The largest absolute Gasteiger partial charge is 0.369 e. The first kappa shape index (κ1) is 21.2. The topological polar surface area (TPSA) is 60.9 Å². The Balaban J connectivity index is 1.53. The Morgan fingerprint density at radius 3 is 2.40 bits per heavy atom. The number of halogens is 1. The summed E-state index contributed by atoms with van der Waals surface area (Å²) in [6.45, 7) is 7.61. The third-order valence-corrected chi connectivity index (χ3v) is 8.12. The van der Waals surface area contributed by atoms with E-state index in [1.165, 1.54) is 6.92 Å². The van der Waals surface area contributed by atoms with Gasteiger partial charge in [0, 0.05) is 55.5 Å². The highest BCUT2D eigenvalue weighted by Crippen LogP contribution is 2.35. The second-order valence-electron chi connectivity index (χ2n) is 8.05. The lowest BCUT2D eigenvalue weighted by Gasteiger charge is -2.36. The molecule has 0 bridgehead atoms. The highest BCUT2D eigenvalue weighted by atomic mass is 35.5. The summed E-state index contributed by atoms with van der Waals surface area (Å²) in [4.78, 5) is 16.1. The van der Waals surface area contributed by atoms with Crippen molar-refractivity contribution in [3.8, 4) is 0 Å². The number of hydrogen-bond donors (Lipinski definition) is 0. The molecule has 2 aliphatic rings. The van der Waals surface area contributed by atoms with E-state index in [1.54, 1.807) is 27.4 Å². The summed E-state index contributed by atoms with van der Waals surface area (Å²) in [5.41, 5.74) is 3.90. The molecule has 160 valence electrons. The molecule has 30 heavy (non-hydrogen) atoms. The quantitative estimate of drug-likeness (QED) is 0.723. The number of anilines is 2. The molecule has 0 aliphatic carbocycles. The first-order valence-corrected chi connectivity index (χ1v) is 11.9. The van der Waals surface area contributed by atoms with Crippen LogP contribution < -0.4 is 9.80 Å². The van der Waals surface area contributed by atoms with Gasteiger partial charge in [-0.3, -0.25) is 4.79 Å². The maximum atomic E-state index is 13.3. The lowest BCUT2D eigenvalue weighted by Crippen LogP contribution is -2.48. The lowest BCUT2D eigenvalue weighted by molar-refractivity contribution is -0.116. The van der Waals surface area contributed by atoms with Crippen LogP contribution in [0, 0.1) is 6.92 Å². The minimum absolute atomic E-state index is 0.0238. The molecule has 2 aliphatic heterocycles. The first-order chi connectivity index (χ1) is 14.2. The number of amides is 1. The zero-order chi connectivity index (χ0) is 21.6. The van der Waals surface area contributed by atoms with Crippen LogP contribution in [0.4, 0.5) is 11.4 Å². The highest BCUT2D eigenvalue weighted by molar-refractivity contribution is 7.89. The van der Waals surface area contributed by atoms with Gasteiger partial charge in [0.25, 0.3) is 0 Å². The van der Waals surface area contributed by atoms with Crippen LogP contribution in [0.1, 0.15) is 25.0 Å². The monoisotopic (exact) mass is 447 g/mol. The Bertz CT molecular complexity index is 1090. The molecule has 6 nitrogen and oxygen atoms in total. The summed E-state index contributed by atoms with van der Waals surface area (Å²) >= 11 is 6.15. The Kier molecular flexibility index (Phi) is 5.55. The summed E-state index contributed by atoms with van der Waals surface area (Å²) in [5, 5.41) is 0.678. The van der Waals surface area contributed by atoms with E-state index in [1.807, 2.05) is 32.0 Å². The lowest BCUT2D eigenvalue weighted by atomic mass is 10.1. The van der Waals surface area contributed by atoms with Crippen LogP contribution >= 0.6 is 11.6 Å². The molecule has 2 heterocycles. The molecule has 0 unspecified atom stereocenters. The predicted molar refractivity (Wildman–Crippen MR) is 120 cm³/mol. The molecule has 8 heteroatoms. The van der Waals surface area contributed by atoms with E-state index in [0.717, 1.165) is 22.5 Å². The highest BCUT2D eigenvalue weighted by Gasteiger charge is 2.33. The van der Waals surface area contributed by atoms with Gasteiger partial charge < -0.3 is 9.80 Å². The van der Waals surface area contributed by atoms with Gasteiger partial charge in [-0.1, -0.05) is 17.7 Å². The van der Waals surface area contributed by atoms with E-state index in [2.05, 4.69) is 4.90 Å². The molecule has 0 N–H and O–H groups in total. The van der Waals surface area contributed by atoms with E-state index < -0.39 is 10.0 Å². The first-order valence-electron chi connectivity index (χ1n) is 10.1. The van der Waals surface area contributed by atoms with Crippen LogP contribution in [0.25, 0.3) is 0 Å². The van der Waals surface area contributed by atoms with Crippen molar-refractivity contribution in [2.75, 3.05) is 36.0 Å². The molecule has 1 atom stereocenters. The molecule has 1 saturated heterocycles. The van der Waals surface area contributed by atoms with Crippen LogP contribution in [-0.2, 0) is 21.2 Å². The predicted octanol–water partition coefficient (Wildman–Crippen LogP) is 3.46. The van der Waals surface area contributed by atoms with E-state index in [-0.39, 0.29) is 11.9 Å². The van der Waals surface area contributed by atoms with E-state index in [0.29, 0.717) is 42.5 Å². The van der Waals surface area contributed by atoms with Crippen LogP contribution in [0.3, 0.4) is 0 Å². The fourth-order valence-corrected chi connectivity index (χ4v) is 6.13. The maximum Gasteiger partial charge on any atom is 0.243 e. The fourth-order valence-electron chi connectivity index (χ4n) is 4.49. The van der Waals surface area contributed by atoms with Crippen LogP contribution in [-0.4, -0.2) is 50.9 Å². The van der Waals surface area contributed by atoms with Gasteiger partial charge in [0.2, 0.25) is 15.9 Å². The van der Waals surface area contributed by atoms with Gasteiger partial charge in [-0.25, -0.2) is 8.42 Å².